The molecular weight excluding hydrogens is 376 g/mol. The minimum atomic E-state index is -0.313. The number of ether oxygens (including phenoxy) is 1. The standard InChI is InChI=1S/C20H26N4O3S/c1-2-27-19(26)10-9-18(25)23-11-6-12-24(14-13-23)20-21-17(22-28-20)15-16-7-4-3-5-8-16/h3-5,7-8H,2,6,9-15H2,1H3. The summed E-state index contributed by atoms with van der Waals surface area (Å²) in [7, 11) is 0. The molecule has 1 fully saturated rings. The average Bonchev–Trinajstić information content (AvgIpc) is 3.02. The van der Waals surface area contributed by atoms with Crippen LogP contribution in [-0.2, 0) is 20.7 Å². The van der Waals surface area contributed by atoms with Crippen molar-refractivity contribution in [3.63, 3.8) is 0 Å². The number of nitrogens with zero attached hydrogens (tertiary/aromatic N) is 4. The van der Waals surface area contributed by atoms with Gasteiger partial charge in [0.25, 0.3) is 0 Å². The molecule has 0 unspecified atom stereocenters. The van der Waals surface area contributed by atoms with Crippen molar-refractivity contribution in [2.24, 2.45) is 0 Å². The van der Waals surface area contributed by atoms with Gasteiger partial charge in [0, 0.05) is 50.6 Å². The molecular formula is C20H26N4O3S. The molecule has 1 aliphatic heterocycles. The summed E-state index contributed by atoms with van der Waals surface area (Å²) in [6, 6.07) is 10.2. The molecule has 1 aromatic carbocycles. The fourth-order valence-electron chi connectivity index (χ4n) is 3.18. The minimum Gasteiger partial charge on any atom is -0.466 e. The first-order chi connectivity index (χ1) is 13.7. The van der Waals surface area contributed by atoms with Gasteiger partial charge in [-0.1, -0.05) is 30.3 Å². The second-order valence-electron chi connectivity index (χ2n) is 6.68. The molecule has 28 heavy (non-hydrogen) atoms. The van der Waals surface area contributed by atoms with Gasteiger partial charge in [0.1, 0.15) is 5.82 Å². The number of amides is 1. The van der Waals surface area contributed by atoms with Gasteiger partial charge < -0.3 is 14.5 Å². The molecule has 0 radical (unpaired) electrons. The molecule has 1 amide bonds. The lowest BCUT2D eigenvalue weighted by molar-refractivity contribution is -0.145. The van der Waals surface area contributed by atoms with Crippen molar-refractivity contribution in [3.05, 3.63) is 41.7 Å². The Labute approximate surface area is 169 Å². The normalized spacial score (nSPS) is 14.6. The lowest BCUT2D eigenvalue weighted by Crippen LogP contribution is -2.35. The molecule has 3 rings (SSSR count). The van der Waals surface area contributed by atoms with Crippen LogP contribution < -0.4 is 4.90 Å². The maximum absolute atomic E-state index is 12.4. The van der Waals surface area contributed by atoms with Crippen molar-refractivity contribution < 1.29 is 14.3 Å². The van der Waals surface area contributed by atoms with Gasteiger partial charge in [-0.3, -0.25) is 9.59 Å². The van der Waals surface area contributed by atoms with Crippen LogP contribution in [-0.4, -0.2) is 58.9 Å². The zero-order chi connectivity index (χ0) is 19.8. The van der Waals surface area contributed by atoms with Crippen molar-refractivity contribution in [1.29, 1.82) is 0 Å². The van der Waals surface area contributed by atoms with Crippen LogP contribution >= 0.6 is 11.5 Å². The number of esters is 1. The zero-order valence-corrected chi connectivity index (χ0v) is 17.0. The number of benzene rings is 1. The maximum atomic E-state index is 12.4. The van der Waals surface area contributed by atoms with E-state index >= 15 is 0 Å². The first-order valence-corrected chi connectivity index (χ1v) is 10.5. The summed E-state index contributed by atoms with van der Waals surface area (Å²) in [5.74, 6) is 0.529. The summed E-state index contributed by atoms with van der Waals surface area (Å²) in [6.07, 6.45) is 1.95. The van der Waals surface area contributed by atoms with Gasteiger partial charge in [-0.25, -0.2) is 4.98 Å². The van der Waals surface area contributed by atoms with Gasteiger partial charge in [0.15, 0.2) is 0 Å². The number of anilines is 1. The average molecular weight is 403 g/mol. The van der Waals surface area contributed by atoms with E-state index in [0.717, 1.165) is 36.9 Å². The summed E-state index contributed by atoms with van der Waals surface area (Å²) >= 11 is 1.41. The molecule has 8 heteroatoms. The van der Waals surface area contributed by atoms with E-state index in [1.807, 2.05) is 23.1 Å². The smallest absolute Gasteiger partial charge is 0.306 e. The highest BCUT2D eigenvalue weighted by Gasteiger charge is 2.22. The third kappa shape index (κ3) is 5.76. The number of hydrogen-bond acceptors (Lipinski definition) is 7. The molecule has 2 aromatic rings. The van der Waals surface area contributed by atoms with Crippen molar-refractivity contribution >= 4 is 28.5 Å². The number of hydrogen-bond donors (Lipinski definition) is 0. The highest BCUT2D eigenvalue weighted by molar-refractivity contribution is 7.09. The van der Waals surface area contributed by atoms with Crippen LogP contribution in [0.2, 0.25) is 0 Å². The Hall–Kier alpha value is -2.48. The number of aromatic nitrogens is 2. The van der Waals surface area contributed by atoms with Crippen LogP contribution in [0, 0.1) is 0 Å². The molecule has 150 valence electrons. The number of rotatable bonds is 7. The van der Waals surface area contributed by atoms with E-state index in [4.69, 9.17) is 4.74 Å². The highest BCUT2D eigenvalue weighted by Crippen LogP contribution is 2.21. The molecule has 0 saturated carbocycles. The SMILES string of the molecule is CCOC(=O)CCC(=O)N1CCCN(c2nc(Cc3ccccc3)ns2)CC1. The van der Waals surface area contributed by atoms with E-state index in [9.17, 15) is 9.59 Å². The van der Waals surface area contributed by atoms with Crippen LogP contribution in [0.5, 0.6) is 0 Å². The summed E-state index contributed by atoms with van der Waals surface area (Å²) < 4.78 is 9.39. The van der Waals surface area contributed by atoms with Crippen LogP contribution in [0.1, 0.15) is 37.6 Å². The summed E-state index contributed by atoms with van der Waals surface area (Å²) in [5, 5.41) is 0.909. The highest BCUT2D eigenvalue weighted by atomic mass is 32.1. The fraction of sp³-hybridized carbons (Fsp3) is 0.500. The molecule has 2 heterocycles. The van der Waals surface area contributed by atoms with Crippen molar-refractivity contribution in [2.45, 2.75) is 32.6 Å². The monoisotopic (exact) mass is 402 g/mol. The van der Waals surface area contributed by atoms with Gasteiger partial charge in [-0.2, -0.15) is 4.37 Å². The second kappa shape index (κ2) is 10.2. The van der Waals surface area contributed by atoms with Gasteiger partial charge in [-0.05, 0) is 18.9 Å². The molecule has 7 nitrogen and oxygen atoms in total. The molecule has 1 aromatic heterocycles. The number of carbonyl (C=O) groups excluding carboxylic acids is 2. The van der Waals surface area contributed by atoms with E-state index < -0.39 is 0 Å². The molecule has 1 aliphatic rings. The Bertz CT molecular complexity index is 781. The predicted molar refractivity (Wildman–Crippen MR) is 108 cm³/mol. The summed E-state index contributed by atoms with van der Waals surface area (Å²) in [4.78, 5) is 32.6. The lowest BCUT2D eigenvalue weighted by atomic mass is 10.1. The Morgan fingerprint density at radius 1 is 1.11 bits per heavy atom. The van der Waals surface area contributed by atoms with E-state index in [1.165, 1.54) is 17.1 Å². The second-order valence-corrected chi connectivity index (χ2v) is 7.41. The van der Waals surface area contributed by atoms with Gasteiger partial charge in [0.2, 0.25) is 11.0 Å². The van der Waals surface area contributed by atoms with E-state index in [2.05, 4.69) is 26.4 Å². The molecule has 0 spiro atoms. The van der Waals surface area contributed by atoms with Gasteiger partial charge >= 0.3 is 5.97 Å². The van der Waals surface area contributed by atoms with Gasteiger partial charge in [-0.15, -0.1) is 0 Å². The first kappa shape index (κ1) is 20.3. The van der Waals surface area contributed by atoms with Crippen LogP contribution in [0.4, 0.5) is 5.13 Å². The Morgan fingerprint density at radius 3 is 2.71 bits per heavy atom. The fourth-order valence-corrected chi connectivity index (χ4v) is 3.92. The molecule has 0 bridgehead atoms. The molecule has 0 N–H and O–H groups in total. The Kier molecular flexibility index (Phi) is 7.36. The Morgan fingerprint density at radius 2 is 1.93 bits per heavy atom. The summed E-state index contributed by atoms with van der Waals surface area (Å²) in [5.41, 5.74) is 1.20. The Balaban J connectivity index is 1.51. The van der Waals surface area contributed by atoms with Crippen molar-refractivity contribution in [2.75, 3.05) is 37.7 Å². The molecule has 0 aliphatic carbocycles. The topological polar surface area (TPSA) is 75.6 Å². The van der Waals surface area contributed by atoms with E-state index in [-0.39, 0.29) is 24.7 Å². The van der Waals surface area contributed by atoms with Crippen LogP contribution in [0.25, 0.3) is 0 Å². The zero-order valence-electron chi connectivity index (χ0n) is 16.2. The van der Waals surface area contributed by atoms with Crippen molar-refractivity contribution in [3.8, 4) is 0 Å². The summed E-state index contributed by atoms with van der Waals surface area (Å²) in [6.45, 7) is 5.03. The van der Waals surface area contributed by atoms with Gasteiger partial charge in [0.05, 0.1) is 13.0 Å². The van der Waals surface area contributed by atoms with E-state index in [1.54, 1.807) is 6.92 Å². The van der Waals surface area contributed by atoms with Crippen LogP contribution in [0.15, 0.2) is 30.3 Å². The largest absolute Gasteiger partial charge is 0.466 e. The first-order valence-electron chi connectivity index (χ1n) is 9.70. The quantitative estimate of drug-likeness (QED) is 0.663. The predicted octanol–water partition coefficient (Wildman–Crippen LogP) is 2.51. The van der Waals surface area contributed by atoms with Crippen molar-refractivity contribution in [1.82, 2.24) is 14.3 Å². The maximum Gasteiger partial charge on any atom is 0.306 e. The molecule has 0 atom stereocenters. The lowest BCUT2D eigenvalue weighted by Gasteiger charge is -2.21. The minimum absolute atomic E-state index is 0.0110. The number of carbonyl (C=O) groups is 2. The third-order valence-corrected chi connectivity index (χ3v) is 5.44. The third-order valence-electron chi connectivity index (χ3n) is 4.63. The molecule has 1 saturated heterocycles. The van der Waals surface area contributed by atoms with Crippen LogP contribution in [0.3, 0.4) is 0 Å². The van der Waals surface area contributed by atoms with E-state index in [0.29, 0.717) is 19.7 Å².